The van der Waals surface area contributed by atoms with Crippen molar-refractivity contribution in [2.75, 3.05) is 25.6 Å². The van der Waals surface area contributed by atoms with Crippen LogP contribution in [0.5, 0.6) is 5.75 Å². The van der Waals surface area contributed by atoms with Gasteiger partial charge in [-0.05, 0) is 85.0 Å². The maximum atomic E-state index is 15.0. The smallest absolute Gasteiger partial charge is 0.416 e. The van der Waals surface area contributed by atoms with Crippen molar-refractivity contribution in [3.63, 3.8) is 0 Å². The van der Waals surface area contributed by atoms with Crippen LogP contribution in [0.1, 0.15) is 56.1 Å². The van der Waals surface area contributed by atoms with Crippen LogP contribution in [0.3, 0.4) is 0 Å². The highest BCUT2D eigenvalue weighted by Crippen LogP contribution is 2.49. The summed E-state index contributed by atoms with van der Waals surface area (Å²) in [6.45, 7) is 0.103. The van der Waals surface area contributed by atoms with Gasteiger partial charge in [0.25, 0.3) is 11.8 Å². The van der Waals surface area contributed by atoms with Gasteiger partial charge in [-0.2, -0.15) is 26.3 Å². The number of hydrogen-bond donors (Lipinski definition) is 2. The number of unbranched alkanes of at least 4 members (excludes halogenated alkanes) is 2. The van der Waals surface area contributed by atoms with E-state index < -0.39 is 42.5 Å². The molecule has 1 saturated carbocycles. The Morgan fingerprint density at radius 3 is 2.21 bits per heavy atom. The molecule has 1 fully saturated rings. The Bertz CT molecular complexity index is 1320. The summed E-state index contributed by atoms with van der Waals surface area (Å²) in [4.78, 5) is 28.4. The van der Waals surface area contributed by atoms with Gasteiger partial charge in [0, 0.05) is 37.9 Å². The first-order valence-electron chi connectivity index (χ1n) is 13.9. The summed E-state index contributed by atoms with van der Waals surface area (Å²) in [5, 5.41) is 2.33. The number of carbonyl (C=O) groups is 2. The average Bonchev–Trinajstić information content (AvgIpc) is 3.77. The molecule has 1 aliphatic heterocycles. The highest BCUT2D eigenvalue weighted by Gasteiger charge is 2.60. The van der Waals surface area contributed by atoms with Gasteiger partial charge in [-0.3, -0.25) is 14.3 Å². The summed E-state index contributed by atoms with van der Waals surface area (Å²) < 4.78 is 89.9. The first kappa shape index (κ1) is 32.6. The van der Waals surface area contributed by atoms with Crippen LogP contribution in [0.15, 0.2) is 54.1 Å². The summed E-state index contributed by atoms with van der Waals surface area (Å²) in [7, 11) is 3.62. The van der Waals surface area contributed by atoms with Crippen molar-refractivity contribution in [1.29, 1.82) is 0 Å². The van der Waals surface area contributed by atoms with Crippen molar-refractivity contribution in [2.24, 2.45) is 0 Å². The lowest BCUT2D eigenvalue weighted by molar-refractivity contribution is -0.201. The van der Waals surface area contributed by atoms with Gasteiger partial charge in [0.1, 0.15) is 11.3 Å². The van der Waals surface area contributed by atoms with Crippen molar-refractivity contribution in [2.45, 2.75) is 68.1 Å². The van der Waals surface area contributed by atoms with E-state index in [0.717, 1.165) is 30.5 Å². The zero-order valence-electron chi connectivity index (χ0n) is 23.7. The number of benzene rings is 2. The van der Waals surface area contributed by atoms with Crippen LogP contribution in [0.4, 0.5) is 32.0 Å². The second-order valence-corrected chi connectivity index (χ2v) is 12.0. The van der Waals surface area contributed by atoms with Gasteiger partial charge in [-0.25, -0.2) is 0 Å². The Morgan fingerprint density at radius 2 is 1.65 bits per heavy atom. The third-order valence-corrected chi connectivity index (χ3v) is 8.41. The Hall–Kier alpha value is -3.35. The van der Waals surface area contributed by atoms with E-state index in [2.05, 4.69) is 10.0 Å². The van der Waals surface area contributed by atoms with Gasteiger partial charge in [0.2, 0.25) is 0 Å². The second kappa shape index (κ2) is 13.1. The molecule has 13 heteroatoms. The van der Waals surface area contributed by atoms with Crippen LogP contribution in [-0.4, -0.2) is 50.1 Å². The van der Waals surface area contributed by atoms with Crippen molar-refractivity contribution >= 4 is 35.0 Å². The summed E-state index contributed by atoms with van der Waals surface area (Å²) in [5.74, 6) is -1.65. The van der Waals surface area contributed by atoms with E-state index in [1.54, 1.807) is 24.3 Å². The van der Waals surface area contributed by atoms with Crippen molar-refractivity contribution < 1.29 is 40.7 Å². The number of rotatable bonds is 12. The Labute approximate surface area is 250 Å². The molecule has 234 valence electrons. The molecule has 1 atom stereocenters. The molecule has 0 radical (unpaired) electrons. The van der Waals surface area contributed by atoms with E-state index in [1.165, 1.54) is 24.3 Å². The molecule has 0 saturated heterocycles. The minimum absolute atomic E-state index is 0.0283. The minimum Gasteiger partial charge on any atom is -0.494 e. The van der Waals surface area contributed by atoms with Crippen molar-refractivity contribution in [3.8, 4) is 5.75 Å². The van der Waals surface area contributed by atoms with E-state index in [9.17, 15) is 35.9 Å². The van der Waals surface area contributed by atoms with Gasteiger partial charge in [0.05, 0.1) is 6.61 Å². The van der Waals surface area contributed by atoms with E-state index in [4.69, 9.17) is 4.74 Å². The molecule has 4 rings (SSSR count). The first-order valence-corrected chi connectivity index (χ1v) is 14.7. The number of hydrogen-bond acceptors (Lipinski definition) is 5. The fraction of sp³-hybridized carbons (Fsp3) is 0.467. The van der Waals surface area contributed by atoms with Gasteiger partial charge in [-0.1, -0.05) is 24.3 Å². The van der Waals surface area contributed by atoms with Crippen LogP contribution in [-0.2, 0) is 15.1 Å². The maximum absolute atomic E-state index is 15.0. The first-order chi connectivity index (χ1) is 20.2. The summed E-state index contributed by atoms with van der Waals surface area (Å²) >= 11 is 1.16. The topological polar surface area (TPSA) is 70.7 Å². The normalized spacial score (nSPS) is 19.2. The standard InChI is InChI=1S/C30H33F6N3O3S/c1-39(2)21-10-6-19(7-11-21)24-18-28(30(34,35)36,37-26(40)25(24)27(41)38-43-23-14-15-23)20-8-12-22(13-9-20)42-17-5-3-4-16-29(31,32)33/h6-13,23H,3-5,14-18H2,1-2H3,(H,37,40)(H,38,41)/t28-/m0/s1. The Balaban J connectivity index is 1.60. The third kappa shape index (κ3) is 8.18. The molecule has 0 unspecified atom stereocenters. The number of nitrogens with one attached hydrogen (secondary N) is 2. The SMILES string of the molecule is CN(C)c1ccc(C2=C(C(=O)NSC3CC3)C(=O)N[C@@](c3ccc(OCCCCCC(F)(F)F)cc3)(C(F)(F)F)C2)cc1. The molecule has 1 heterocycles. The summed E-state index contributed by atoms with van der Waals surface area (Å²) in [5.41, 5.74) is -2.36. The number of alkyl halides is 6. The quantitative estimate of drug-likeness (QED) is 0.116. The van der Waals surface area contributed by atoms with E-state index in [0.29, 0.717) is 18.4 Å². The minimum atomic E-state index is -4.94. The van der Waals surface area contributed by atoms with Gasteiger partial charge in [-0.15, -0.1) is 0 Å². The van der Waals surface area contributed by atoms with Gasteiger partial charge < -0.3 is 15.0 Å². The van der Waals surface area contributed by atoms with Crippen LogP contribution in [0.2, 0.25) is 0 Å². The van der Waals surface area contributed by atoms with Crippen LogP contribution >= 0.6 is 11.9 Å². The largest absolute Gasteiger partial charge is 0.494 e. The van der Waals surface area contributed by atoms with Crippen molar-refractivity contribution in [3.05, 3.63) is 65.2 Å². The van der Waals surface area contributed by atoms with Crippen molar-refractivity contribution in [1.82, 2.24) is 10.0 Å². The number of ether oxygens (including phenoxy) is 1. The molecule has 2 aliphatic rings. The molecule has 0 bridgehead atoms. The number of halogens is 6. The van der Waals surface area contributed by atoms with E-state index in [1.807, 2.05) is 19.0 Å². The molecule has 0 spiro atoms. The lowest BCUT2D eigenvalue weighted by Gasteiger charge is -2.41. The fourth-order valence-electron chi connectivity index (χ4n) is 4.75. The predicted molar refractivity (Wildman–Crippen MR) is 153 cm³/mol. The average molecular weight is 630 g/mol. The Kier molecular flexibility index (Phi) is 9.93. The highest BCUT2D eigenvalue weighted by atomic mass is 32.2. The molecule has 2 N–H and O–H groups in total. The number of amides is 2. The van der Waals surface area contributed by atoms with Gasteiger partial charge >= 0.3 is 12.4 Å². The van der Waals surface area contributed by atoms with Gasteiger partial charge in [0.15, 0.2) is 5.54 Å². The molecular formula is C30H33F6N3O3S. The zero-order chi connectivity index (χ0) is 31.4. The number of anilines is 1. The number of nitrogens with zero attached hydrogens (tertiary/aromatic N) is 1. The lowest BCUT2D eigenvalue weighted by Crippen LogP contribution is -2.59. The monoisotopic (exact) mass is 629 g/mol. The zero-order valence-corrected chi connectivity index (χ0v) is 24.5. The molecule has 2 aromatic carbocycles. The molecule has 6 nitrogen and oxygen atoms in total. The van der Waals surface area contributed by atoms with E-state index in [-0.39, 0.29) is 40.7 Å². The third-order valence-electron chi connectivity index (χ3n) is 7.30. The summed E-state index contributed by atoms with van der Waals surface area (Å²) in [6.07, 6.45) is -8.34. The molecule has 0 aromatic heterocycles. The Morgan fingerprint density at radius 1 is 1.00 bits per heavy atom. The molecule has 43 heavy (non-hydrogen) atoms. The van der Waals surface area contributed by atoms with E-state index >= 15 is 0 Å². The molecular weight excluding hydrogens is 596 g/mol. The second-order valence-electron chi connectivity index (χ2n) is 10.9. The van der Waals surface area contributed by atoms with Crippen LogP contribution in [0, 0.1) is 0 Å². The summed E-state index contributed by atoms with van der Waals surface area (Å²) in [6, 6.07) is 11.7. The predicted octanol–water partition coefficient (Wildman–Crippen LogP) is 6.91. The van der Waals surface area contributed by atoms with Crippen LogP contribution in [0.25, 0.3) is 5.57 Å². The number of carbonyl (C=O) groups excluding carboxylic acids is 2. The molecule has 2 aromatic rings. The lowest BCUT2D eigenvalue weighted by atomic mass is 9.76. The molecule has 2 amide bonds. The molecule has 1 aliphatic carbocycles. The van der Waals surface area contributed by atoms with Crippen LogP contribution < -0.4 is 19.7 Å². The fourth-order valence-corrected chi connectivity index (χ4v) is 5.50. The highest BCUT2D eigenvalue weighted by molar-refractivity contribution is 7.98. The maximum Gasteiger partial charge on any atom is 0.416 e.